The number of anilines is 1. The van der Waals surface area contributed by atoms with Gasteiger partial charge in [-0.2, -0.15) is 0 Å². The van der Waals surface area contributed by atoms with Gasteiger partial charge in [-0.3, -0.25) is 9.69 Å². The smallest absolute Gasteiger partial charge is 0.254 e. The third-order valence-corrected chi connectivity index (χ3v) is 4.93. The van der Waals surface area contributed by atoms with E-state index in [4.69, 9.17) is 11.5 Å². The molecule has 1 atom stereocenters. The summed E-state index contributed by atoms with van der Waals surface area (Å²) in [6, 6.07) is 0.943. The van der Waals surface area contributed by atoms with Gasteiger partial charge < -0.3 is 11.5 Å². The van der Waals surface area contributed by atoms with Gasteiger partial charge in [0.1, 0.15) is 11.6 Å². The molecule has 6 heteroatoms. The zero-order valence-corrected chi connectivity index (χ0v) is 14.5. The molecule has 0 aliphatic carbocycles. The minimum atomic E-state index is -0.602. The number of aryl methyl sites for hydroxylation is 1. The second-order valence-corrected chi connectivity index (χ2v) is 7.00. The van der Waals surface area contributed by atoms with Crippen LogP contribution in [0.3, 0.4) is 0 Å². The Balaban J connectivity index is 0.000000167. The van der Waals surface area contributed by atoms with Gasteiger partial charge in [0.05, 0.1) is 5.56 Å². The summed E-state index contributed by atoms with van der Waals surface area (Å²) in [5.41, 5.74) is 11.1. The van der Waals surface area contributed by atoms with Gasteiger partial charge in [-0.15, -0.1) is 0 Å². The number of carbonyl (C=O) groups is 1. The highest BCUT2D eigenvalue weighted by molar-refractivity contribution is 5.96. The second-order valence-electron chi connectivity index (χ2n) is 7.00. The largest absolute Gasteiger partial charge is 0.383 e. The van der Waals surface area contributed by atoms with Gasteiger partial charge in [0.15, 0.2) is 0 Å². The standard InChI is InChI=1S/C10H19N.C7H10N4O/c1-10(2)7-3-5-9-6-4-8-11(9)10;1-2-5-10-3-4(7(9)12)6(8)11-5/h9H,3-8H2,1-2H3;3H,2H2,1H3,(H2,9,12)(H2,8,10,11). The van der Waals surface area contributed by atoms with Crippen molar-refractivity contribution in [2.75, 3.05) is 12.3 Å². The van der Waals surface area contributed by atoms with Crippen LogP contribution in [0.1, 0.15) is 69.1 Å². The first-order valence-electron chi connectivity index (χ1n) is 8.53. The van der Waals surface area contributed by atoms with Crippen LogP contribution >= 0.6 is 0 Å². The summed E-state index contributed by atoms with van der Waals surface area (Å²) in [7, 11) is 0. The van der Waals surface area contributed by atoms with Crippen molar-refractivity contribution in [3.8, 4) is 0 Å². The van der Waals surface area contributed by atoms with Gasteiger partial charge in [-0.25, -0.2) is 9.97 Å². The number of rotatable bonds is 2. The molecule has 3 heterocycles. The molecule has 23 heavy (non-hydrogen) atoms. The Hall–Kier alpha value is -1.69. The minimum Gasteiger partial charge on any atom is -0.383 e. The second kappa shape index (κ2) is 7.25. The van der Waals surface area contributed by atoms with E-state index in [0.717, 1.165) is 6.04 Å². The average Bonchev–Trinajstić information content (AvgIpc) is 2.97. The normalized spacial score (nSPS) is 22.8. The Morgan fingerprint density at radius 3 is 2.65 bits per heavy atom. The van der Waals surface area contributed by atoms with Crippen molar-refractivity contribution in [2.45, 2.75) is 70.9 Å². The van der Waals surface area contributed by atoms with E-state index < -0.39 is 5.91 Å². The van der Waals surface area contributed by atoms with Crippen molar-refractivity contribution in [3.05, 3.63) is 17.6 Å². The van der Waals surface area contributed by atoms with Crippen LogP contribution in [0.2, 0.25) is 0 Å². The van der Waals surface area contributed by atoms with Crippen LogP contribution in [0.15, 0.2) is 6.20 Å². The number of piperidine rings is 1. The number of hydrogen-bond acceptors (Lipinski definition) is 5. The monoisotopic (exact) mass is 319 g/mol. The molecule has 1 amide bonds. The summed E-state index contributed by atoms with van der Waals surface area (Å²) >= 11 is 0. The Bertz CT molecular complexity index is 558. The predicted octanol–water partition coefficient (Wildman–Crippen LogP) is 2.13. The van der Waals surface area contributed by atoms with Crippen LogP contribution < -0.4 is 11.5 Å². The molecule has 0 saturated carbocycles. The molecule has 0 spiro atoms. The molecule has 3 rings (SSSR count). The Morgan fingerprint density at radius 1 is 1.39 bits per heavy atom. The van der Waals surface area contributed by atoms with Gasteiger partial charge >= 0.3 is 0 Å². The molecular formula is C17H29N5O. The first kappa shape index (κ1) is 17.7. The first-order valence-corrected chi connectivity index (χ1v) is 8.53. The van der Waals surface area contributed by atoms with Gasteiger partial charge in [-0.05, 0) is 46.1 Å². The third kappa shape index (κ3) is 4.19. The summed E-state index contributed by atoms with van der Waals surface area (Å²) < 4.78 is 0. The zero-order valence-electron chi connectivity index (χ0n) is 14.5. The molecule has 0 radical (unpaired) electrons. The zero-order chi connectivity index (χ0) is 17.0. The first-order chi connectivity index (χ1) is 10.8. The number of amides is 1. The van der Waals surface area contributed by atoms with Crippen molar-refractivity contribution in [1.82, 2.24) is 14.9 Å². The van der Waals surface area contributed by atoms with E-state index in [2.05, 4.69) is 28.7 Å². The SMILES string of the molecule is CC1(C)CCCC2CCCN21.CCc1ncc(C(N)=O)c(N)n1. The lowest BCUT2D eigenvalue weighted by molar-refractivity contribution is 0.0567. The van der Waals surface area contributed by atoms with Gasteiger partial charge in [-0.1, -0.05) is 13.3 Å². The topological polar surface area (TPSA) is 98.1 Å². The molecule has 2 aliphatic heterocycles. The van der Waals surface area contributed by atoms with E-state index >= 15 is 0 Å². The van der Waals surface area contributed by atoms with Crippen molar-refractivity contribution in [2.24, 2.45) is 5.73 Å². The van der Waals surface area contributed by atoms with E-state index in [1.54, 1.807) is 0 Å². The Kier molecular flexibility index (Phi) is 5.57. The molecule has 2 aliphatic rings. The number of nitrogens with two attached hydrogens (primary N) is 2. The van der Waals surface area contributed by atoms with Gasteiger partial charge in [0, 0.05) is 24.2 Å². The fourth-order valence-electron chi connectivity index (χ4n) is 3.64. The van der Waals surface area contributed by atoms with Gasteiger partial charge in [0.25, 0.3) is 5.91 Å². The van der Waals surface area contributed by atoms with E-state index in [1.807, 2.05) is 6.92 Å². The molecule has 4 N–H and O–H groups in total. The number of hydrogen-bond donors (Lipinski definition) is 2. The number of carbonyl (C=O) groups excluding carboxylic acids is 1. The fraction of sp³-hybridized carbons (Fsp3) is 0.706. The Morgan fingerprint density at radius 2 is 2.09 bits per heavy atom. The molecule has 1 aromatic heterocycles. The van der Waals surface area contributed by atoms with Crippen LogP contribution in [0.4, 0.5) is 5.82 Å². The fourth-order valence-corrected chi connectivity index (χ4v) is 3.64. The summed E-state index contributed by atoms with van der Waals surface area (Å²) in [6.45, 7) is 8.07. The number of fused-ring (bicyclic) bond motifs is 1. The van der Waals surface area contributed by atoms with Crippen molar-refractivity contribution < 1.29 is 4.79 Å². The molecule has 128 valence electrons. The third-order valence-electron chi connectivity index (χ3n) is 4.93. The number of nitrogen functional groups attached to an aromatic ring is 1. The highest BCUT2D eigenvalue weighted by Crippen LogP contribution is 2.36. The maximum atomic E-state index is 10.7. The van der Waals surface area contributed by atoms with Crippen LogP contribution in [-0.4, -0.2) is 38.9 Å². The highest BCUT2D eigenvalue weighted by atomic mass is 16.1. The molecule has 1 aromatic rings. The summed E-state index contributed by atoms with van der Waals surface area (Å²) in [5, 5.41) is 0. The van der Waals surface area contributed by atoms with Crippen LogP contribution in [0, 0.1) is 0 Å². The summed E-state index contributed by atoms with van der Waals surface area (Å²) in [4.78, 5) is 21.2. The van der Waals surface area contributed by atoms with E-state index in [9.17, 15) is 4.79 Å². The van der Waals surface area contributed by atoms with Crippen LogP contribution in [-0.2, 0) is 6.42 Å². The maximum absolute atomic E-state index is 10.7. The molecule has 2 saturated heterocycles. The number of primary amides is 1. The average molecular weight is 319 g/mol. The molecular weight excluding hydrogens is 290 g/mol. The molecule has 2 fully saturated rings. The quantitative estimate of drug-likeness (QED) is 0.870. The van der Waals surface area contributed by atoms with E-state index in [0.29, 0.717) is 17.8 Å². The lowest BCUT2D eigenvalue weighted by atomic mass is 9.87. The minimum absolute atomic E-state index is 0.148. The van der Waals surface area contributed by atoms with Crippen molar-refractivity contribution in [1.29, 1.82) is 0 Å². The highest BCUT2D eigenvalue weighted by Gasteiger charge is 2.38. The molecule has 1 unspecified atom stereocenters. The van der Waals surface area contributed by atoms with E-state index in [-0.39, 0.29) is 11.4 Å². The Labute approximate surface area is 138 Å². The molecule has 0 aromatic carbocycles. The van der Waals surface area contributed by atoms with Crippen LogP contribution in [0.5, 0.6) is 0 Å². The van der Waals surface area contributed by atoms with Crippen LogP contribution in [0.25, 0.3) is 0 Å². The summed E-state index contributed by atoms with van der Waals surface area (Å²) in [6.07, 6.45) is 9.26. The number of nitrogens with zero attached hydrogens (tertiary/aromatic N) is 3. The molecule has 6 nitrogen and oxygen atoms in total. The van der Waals surface area contributed by atoms with E-state index in [1.165, 1.54) is 44.8 Å². The molecule has 0 bridgehead atoms. The predicted molar refractivity (Wildman–Crippen MR) is 92.0 cm³/mol. The lowest BCUT2D eigenvalue weighted by Gasteiger charge is -2.44. The van der Waals surface area contributed by atoms with Crippen molar-refractivity contribution >= 4 is 11.7 Å². The summed E-state index contributed by atoms with van der Waals surface area (Å²) in [5.74, 6) is 0.155. The number of aromatic nitrogens is 2. The lowest BCUT2D eigenvalue weighted by Crippen LogP contribution is -2.49. The maximum Gasteiger partial charge on any atom is 0.254 e. The van der Waals surface area contributed by atoms with Crippen molar-refractivity contribution in [3.63, 3.8) is 0 Å². The van der Waals surface area contributed by atoms with Gasteiger partial charge in [0.2, 0.25) is 0 Å².